The monoisotopic (exact) mass is 178 g/mol. The van der Waals surface area contributed by atoms with E-state index in [9.17, 15) is 0 Å². The lowest BCUT2D eigenvalue weighted by atomic mass is 9.97. The summed E-state index contributed by atoms with van der Waals surface area (Å²) < 4.78 is 0. The molecule has 0 aromatic carbocycles. The molecule has 0 bridgehead atoms. The Morgan fingerprint density at radius 2 is 1.64 bits per heavy atom. The van der Waals surface area contributed by atoms with E-state index in [0.29, 0.717) is 11.8 Å². The number of rotatable bonds is 5. The zero-order valence-electron chi connectivity index (χ0n) is 7.39. The molecule has 0 saturated heterocycles. The Morgan fingerprint density at radius 1 is 1.27 bits per heavy atom. The Kier molecular flexibility index (Phi) is 9.55. The van der Waals surface area contributed by atoms with Gasteiger partial charge in [-0.1, -0.05) is 26.7 Å². The highest BCUT2D eigenvalue weighted by atomic mass is 35.5. The summed E-state index contributed by atoms with van der Waals surface area (Å²) in [5, 5.41) is 7.24. The molecule has 0 heterocycles. The number of hydrogen-bond donors (Lipinski definition) is 2. The minimum Gasteiger partial charge on any atom is -0.387 e. The molecule has 0 saturated carbocycles. The van der Waals surface area contributed by atoms with Crippen LogP contribution in [0.2, 0.25) is 0 Å². The van der Waals surface area contributed by atoms with Crippen molar-refractivity contribution in [1.29, 1.82) is 5.41 Å². The fourth-order valence-electron chi connectivity index (χ4n) is 1.15. The molecular formula is C8H19ClN2. The molecule has 0 aliphatic rings. The van der Waals surface area contributed by atoms with Crippen molar-refractivity contribution in [2.24, 2.45) is 11.7 Å². The van der Waals surface area contributed by atoms with E-state index in [2.05, 4.69) is 13.8 Å². The Morgan fingerprint density at radius 3 is 1.82 bits per heavy atom. The smallest absolute Gasteiger partial charge is 0.0936 e. The fraction of sp³-hybridized carbons (Fsp3) is 0.875. The van der Waals surface area contributed by atoms with E-state index in [0.717, 1.165) is 25.7 Å². The van der Waals surface area contributed by atoms with E-state index in [1.54, 1.807) is 0 Å². The van der Waals surface area contributed by atoms with Crippen LogP contribution in [0.3, 0.4) is 0 Å². The van der Waals surface area contributed by atoms with Crippen molar-refractivity contribution in [3.8, 4) is 0 Å². The van der Waals surface area contributed by atoms with E-state index in [1.807, 2.05) is 0 Å². The van der Waals surface area contributed by atoms with Crippen molar-refractivity contribution in [2.45, 2.75) is 39.5 Å². The SMILES string of the molecule is CCCC(CCC)C(=N)N.Cl. The van der Waals surface area contributed by atoms with Crippen LogP contribution in [-0.4, -0.2) is 5.84 Å². The molecular weight excluding hydrogens is 160 g/mol. The molecule has 0 unspecified atom stereocenters. The van der Waals surface area contributed by atoms with Crippen LogP contribution >= 0.6 is 12.4 Å². The Bertz CT molecular complexity index is 98.3. The first-order chi connectivity index (χ1) is 4.72. The molecule has 0 radical (unpaired) electrons. The largest absolute Gasteiger partial charge is 0.387 e. The third kappa shape index (κ3) is 6.17. The predicted molar refractivity (Wildman–Crippen MR) is 52.5 cm³/mol. The molecule has 0 aliphatic heterocycles. The summed E-state index contributed by atoms with van der Waals surface area (Å²) >= 11 is 0. The van der Waals surface area contributed by atoms with Gasteiger partial charge in [0.25, 0.3) is 0 Å². The van der Waals surface area contributed by atoms with Gasteiger partial charge in [-0.05, 0) is 12.8 Å². The molecule has 0 aromatic heterocycles. The molecule has 68 valence electrons. The number of hydrogen-bond acceptors (Lipinski definition) is 1. The minimum absolute atomic E-state index is 0. The van der Waals surface area contributed by atoms with E-state index in [-0.39, 0.29) is 12.4 Å². The van der Waals surface area contributed by atoms with Gasteiger partial charge in [0.15, 0.2) is 0 Å². The molecule has 0 atom stereocenters. The van der Waals surface area contributed by atoms with E-state index in [1.165, 1.54) is 0 Å². The Hall–Kier alpha value is -0.240. The summed E-state index contributed by atoms with van der Waals surface area (Å²) in [7, 11) is 0. The average Bonchev–Trinajstić information content (AvgIpc) is 1.87. The van der Waals surface area contributed by atoms with Crippen LogP contribution in [0.5, 0.6) is 0 Å². The van der Waals surface area contributed by atoms with Gasteiger partial charge in [-0.3, -0.25) is 5.41 Å². The first-order valence-corrected chi connectivity index (χ1v) is 4.06. The van der Waals surface area contributed by atoms with E-state index >= 15 is 0 Å². The summed E-state index contributed by atoms with van der Waals surface area (Å²) in [6.45, 7) is 4.26. The van der Waals surface area contributed by atoms with Gasteiger partial charge in [-0.15, -0.1) is 12.4 Å². The summed E-state index contributed by atoms with van der Waals surface area (Å²) in [6, 6.07) is 0. The average molecular weight is 179 g/mol. The van der Waals surface area contributed by atoms with Gasteiger partial charge in [-0.25, -0.2) is 0 Å². The first-order valence-electron chi connectivity index (χ1n) is 4.06. The molecule has 11 heavy (non-hydrogen) atoms. The highest BCUT2D eigenvalue weighted by Crippen LogP contribution is 2.12. The summed E-state index contributed by atoms with van der Waals surface area (Å²) in [5.41, 5.74) is 5.39. The zero-order valence-corrected chi connectivity index (χ0v) is 8.21. The quantitative estimate of drug-likeness (QED) is 0.494. The maximum atomic E-state index is 7.24. The standard InChI is InChI=1S/C8H18N2.ClH/c1-3-5-7(6-4-2)8(9)10;/h7H,3-6H2,1-2H3,(H3,9,10);1H. The minimum atomic E-state index is 0. The zero-order chi connectivity index (χ0) is 7.98. The first kappa shape index (κ1) is 13.4. The van der Waals surface area contributed by atoms with E-state index < -0.39 is 0 Å². The van der Waals surface area contributed by atoms with Gasteiger partial charge < -0.3 is 5.73 Å². The highest BCUT2D eigenvalue weighted by molar-refractivity contribution is 5.85. The van der Waals surface area contributed by atoms with Crippen molar-refractivity contribution >= 4 is 18.2 Å². The summed E-state index contributed by atoms with van der Waals surface area (Å²) in [6.07, 6.45) is 4.40. The Balaban J connectivity index is 0. The molecule has 2 nitrogen and oxygen atoms in total. The second-order valence-electron chi connectivity index (χ2n) is 2.73. The molecule has 0 amide bonds. The van der Waals surface area contributed by atoms with Crippen molar-refractivity contribution in [3.05, 3.63) is 0 Å². The van der Waals surface area contributed by atoms with Crippen molar-refractivity contribution in [1.82, 2.24) is 0 Å². The maximum absolute atomic E-state index is 7.24. The van der Waals surface area contributed by atoms with E-state index in [4.69, 9.17) is 11.1 Å². The number of halogens is 1. The lowest BCUT2D eigenvalue weighted by molar-refractivity contribution is 0.553. The maximum Gasteiger partial charge on any atom is 0.0936 e. The number of amidine groups is 1. The third-order valence-electron chi connectivity index (χ3n) is 1.71. The second kappa shape index (κ2) is 7.86. The van der Waals surface area contributed by atoms with Crippen molar-refractivity contribution in [2.75, 3.05) is 0 Å². The Labute approximate surface area is 75.5 Å². The van der Waals surface area contributed by atoms with Gasteiger partial charge in [0.2, 0.25) is 0 Å². The molecule has 0 fully saturated rings. The molecule has 0 aromatic rings. The lowest BCUT2D eigenvalue weighted by Crippen LogP contribution is -2.21. The second-order valence-corrected chi connectivity index (χ2v) is 2.73. The number of nitrogens with one attached hydrogen (secondary N) is 1. The van der Waals surface area contributed by atoms with Crippen LogP contribution in [0, 0.1) is 11.3 Å². The third-order valence-corrected chi connectivity index (χ3v) is 1.71. The van der Waals surface area contributed by atoms with Crippen LogP contribution in [0.1, 0.15) is 39.5 Å². The topological polar surface area (TPSA) is 49.9 Å². The molecule has 0 aliphatic carbocycles. The number of nitrogens with two attached hydrogens (primary N) is 1. The molecule has 3 N–H and O–H groups in total. The van der Waals surface area contributed by atoms with Gasteiger partial charge in [0, 0.05) is 5.92 Å². The van der Waals surface area contributed by atoms with Gasteiger partial charge in [0.05, 0.1) is 5.84 Å². The normalized spacial score (nSPS) is 9.36. The predicted octanol–water partition coefficient (Wildman–Crippen LogP) is 2.56. The molecule has 3 heteroatoms. The van der Waals surface area contributed by atoms with Gasteiger partial charge in [0.1, 0.15) is 0 Å². The van der Waals surface area contributed by atoms with Crippen LogP contribution < -0.4 is 5.73 Å². The molecule has 0 rings (SSSR count). The van der Waals surface area contributed by atoms with Gasteiger partial charge in [-0.2, -0.15) is 0 Å². The molecule has 0 spiro atoms. The van der Waals surface area contributed by atoms with Crippen LogP contribution in [-0.2, 0) is 0 Å². The summed E-state index contributed by atoms with van der Waals surface area (Å²) in [4.78, 5) is 0. The van der Waals surface area contributed by atoms with Crippen molar-refractivity contribution < 1.29 is 0 Å². The van der Waals surface area contributed by atoms with Crippen LogP contribution in [0.25, 0.3) is 0 Å². The van der Waals surface area contributed by atoms with Crippen molar-refractivity contribution in [3.63, 3.8) is 0 Å². The van der Waals surface area contributed by atoms with Crippen LogP contribution in [0.4, 0.5) is 0 Å². The fourth-order valence-corrected chi connectivity index (χ4v) is 1.15. The lowest BCUT2D eigenvalue weighted by Gasteiger charge is -2.11. The van der Waals surface area contributed by atoms with Crippen LogP contribution in [0.15, 0.2) is 0 Å². The summed E-state index contributed by atoms with van der Waals surface area (Å²) in [5.74, 6) is 0.707. The van der Waals surface area contributed by atoms with Gasteiger partial charge >= 0.3 is 0 Å². The highest BCUT2D eigenvalue weighted by Gasteiger charge is 2.08.